The number of aromatic nitrogens is 1. The van der Waals surface area contributed by atoms with E-state index in [0.29, 0.717) is 19.6 Å². The summed E-state index contributed by atoms with van der Waals surface area (Å²) in [6.07, 6.45) is 3.40. The predicted molar refractivity (Wildman–Crippen MR) is 99.5 cm³/mol. The number of amides is 3. The molecule has 3 rings (SSSR count). The standard InChI is InChI=1S/C20H23FN4O2/c1-14(2)23-20(27)25(11-15-6-5-9-22-10-15)16-12-24(13-16)19(26)17-7-3-4-8-18(17)21/h3-10,14,16H,11-13H2,1-2H3,(H,23,27). The highest BCUT2D eigenvalue weighted by Crippen LogP contribution is 2.21. The van der Waals surface area contributed by atoms with Crippen LogP contribution in [-0.4, -0.2) is 51.9 Å². The summed E-state index contributed by atoms with van der Waals surface area (Å²) in [4.78, 5) is 32.5. The fourth-order valence-electron chi connectivity index (χ4n) is 3.01. The molecule has 1 fully saturated rings. The van der Waals surface area contributed by atoms with Crippen LogP contribution in [0.2, 0.25) is 0 Å². The first-order chi connectivity index (χ1) is 13.0. The quantitative estimate of drug-likeness (QED) is 0.880. The molecular weight excluding hydrogens is 347 g/mol. The van der Waals surface area contributed by atoms with Gasteiger partial charge in [0.2, 0.25) is 0 Å². The van der Waals surface area contributed by atoms with Crippen molar-refractivity contribution in [2.45, 2.75) is 32.5 Å². The lowest BCUT2D eigenvalue weighted by atomic mass is 10.0. The molecule has 0 bridgehead atoms. The van der Waals surface area contributed by atoms with Crippen molar-refractivity contribution in [3.05, 3.63) is 65.7 Å². The van der Waals surface area contributed by atoms with Gasteiger partial charge >= 0.3 is 6.03 Å². The monoisotopic (exact) mass is 370 g/mol. The fraction of sp³-hybridized carbons (Fsp3) is 0.350. The highest BCUT2D eigenvalue weighted by molar-refractivity contribution is 5.95. The Morgan fingerprint density at radius 2 is 2.00 bits per heavy atom. The van der Waals surface area contributed by atoms with Crippen LogP contribution in [0.4, 0.5) is 9.18 Å². The highest BCUT2D eigenvalue weighted by Gasteiger charge is 2.38. The minimum atomic E-state index is -0.532. The Hall–Kier alpha value is -2.96. The first kappa shape index (κ1) is 18.8. The molecule has 0 radical (unpaired) electrons. The van der Waals surface area contributed by atoms with E-state index in [-0.39, 0.29) is 29.6 Å². The van der Waals surface area contributed by atoms with Crippen molar-refractivity contribution in [2.24, 2.45) is 0 Å². The summed E-state index contributed by atoms with van der Waals surface area (Å²) in [6, 6.07) is 9.36. The Labute approximate surface area is 158 Å². The van der Waals surface area contributed by atoms with Crippen LogP contribution >= 0.6 is 0 Å². The van der Waals surface area contributed by atoms with Crippen LogP contribution in [0.3, 0.4) is 0 Å². The maximum absolute atomic E-state index is 13.8. The van der Waals surface area contributed by atoms with Gasteiger partial charge in [0.25, 0.3) is 5.91 Å². The highest BCUT2D eigenvalue weighted by atomic mass is 19.1. The SMILES string of the molecule is CC(C)NC(=O)N(Cc1cccnc1)C1CN(C(=O)c2ccccc2F)C1. The molecule has 3 amide bonds. The number of benzene rings is 1. The van der Waals surface area contributed by atoms with Crippen LogP contribution in [0.15, 0.2) is 48.8 Å². The number of halogens is 1. The second kappa shape index (κ2) is 8.16. The lowest BCUT2D eigenvalue weighted by molar-refractivity contribution is 0.0339. The molecule has 0 atom stereocenters. The molecule has 1 aliphatic heterocycles. The number of hydrogen-bond donors (Lipinski definition) is 1. The Balaban J connectivity index is 1.68. The van der Waals surface area contributed by atoms with E-state index in [1.54, 1.807) is 34.3 Å². The minimum Gasteiger partial charge on any atom is -0.336 e. The summed E-state index contributed by atoms with van der Waals surface area (Å²) >= 11 is 0. The van der Waals surface area contributed by atoms with Crippen LogP contribution in [0.5, 0.6) is 0 Å². The molecule has 1 N–H and O–H groups in total. The average molecular weight is 370 g/mol. The Morgan fingerprint density at radius 3 is 2.63 bits per heavy atom. The summed E-state index contributed by atoms with van der Waals surface area (Å²) in [6.45, 7) is 4.94. The molecule has 1 aliphatic rings. The topological polar surface area (TPSA) is 65.5 Å². The first-order valence-corrected chi connectivity index (χ1v) is 8.95. The maximum Gasteiger partial charge on any atom is 0.318 e. The number of pyridine rings is 1. The number of urea groups is 1. The van der Waals surface area contributed by atoms with Gasteiger partial charge in [-0.3, -0.25) is 9.78 Å². The molecular formula is C20H23FN4O2. The molecule has 1 aromatic heterocycles. The second-order valence-corrected chi connectivity index (χ2v) is 6.94. The van der Waals surface area contributed by atoms with Crippen molar-refractivity contribution >= 4 is 11.9 Å². The number of nitrogens with one attached hydrogen (secondary N) is 1. The van der Waals surface area contributed by atoms with Crippen molar-refractivity contribution < 1.29 is 14.0 Å². The summed E-state index contributed by atoms with van der Waals surface area (Å²) in [5.74, 6) is -0.884. The molecule has 0 unspecified atom stereocenters. The van der Waals surface area contributed by atoms with E-state index in [2.05, 4.69) is 10.3 Å². The van der Waals surface area contributed by atoms with Crippen molar-refractivity contribution in [1.29, 1.82) is 0 Å². The van der Waals surface area contributed by atoms with Gasteiger partial charge in [0, 0.05) is 38.1 Å². The van der Waals surface area contributed by atoms with E-state index in [1.165, 1.54) is 12.1 Å². The molecule has 0 aliphatic carbocycles. The van der Waals surface area contributed by atoms with Gasteiger partial charge in [0.15, 0.2) is 0 Å². The van der Waals surface area contributed by atoms with E-state index < -0.39 is 5.82 Å². The summed E-state index contributed by atoms with van der Waals surface area (Å²) in [7, 11) is 0. The Bertz CT molecular complexity index is 807. The zero-order chi connectivity index (χ0) is 19.4. The second-order valence-electron chi connectivity index (χ2n) is 6.94. The molecule has 6 nitrogen and oxygen atoms in total. The lowest BCUT2D eigenvalue weighted by Crippen LogP contribution is -2.63. The number of carbonyl (C=O) groups excluding carboxylic acids is 2. The molecule has 142 valence electrons. The van der Waals surface area contributed by atoms with Crippen molar-refractivity contribution in [3.63, 3.8) is 0 Å². The van der Waals surface area contributed by atoms with E-state index in [9.17, 15) is 14.0 Å². The van der Waals surface area contributed by atoms with Gasteiger partial charge < -0.3 is 15.1 Å². The zero-order valence-corrected chi connectivity index (χ0v) is 15.4. The summed E-state index contributed by atoms with van der Waals surface area (Å²) < 4.78 is 13.8. The van der Waals surface area contributed by atoms with Gasteiger partial charge in [0.1, 0.15) is 5.82 Å². The van der Waals surface area contributed by atoms with Gasteiger partial charge in [-0.2, -0.15) is 0 Å². The van der Waals surface area contributed by atoms with E-state index in [0.717, 1.165) is 5.56 Å². The van der Waals surface area contributed by atoms with Gasteiger partial charge in [-0.05, 0) is 37.6 Å². The van der Waals surface area contributed by atoms with Crippen LogP contribution in [-0.2, 0) is 6.54 Å². The molecule has 2 heterocycles. The third-order valence-corrected chi connectivity index (χ3v) is 4.44. The van der Waals surface area contributed by atoms with Crippen molar-refractivity contribution in [1.82, 2.24) is 20.1 Å². The number of likely N-dealkylation sites (tertiary alicyclic amines) is 1. The van der Waals surface area contributed by atoms with E-state index in [1.807, 2.05) is 26.0 Å². The van der Waals surface area contributed by atoms with Crippen LogP contribution in [0.1, 0.15) is 29.8 Å². The van der Waals surface area contributed by atoms with Gasteiger partial charge in [-0.25, -0.2) is 9.18 Å². The van der Waals surface area contributed by atoms with E-state index >= 15 is 0 Å². The number of nitrogens with zero attached hydrogens (tertiary/aromatic N) is 3. The normalized spacial score (nSPS) is 14.0. The third kappa shape index (κ3) is 4.42. The molecule has 2 aromatic rings. The summed E-state index contributed by atoms with van der Waals surface area (Å²) in [5.41, 5.74) is 0.969. The predicted octanol–water partition coefficient (Wildman–Crippen LogP) is 2.67. The number of hydrogen-bond acceptors (Lipinski definition) is 3. The fourth-order valence-corrected chi connectivity index (χ4v) is 3.01. The van der Waals surface area contributed by atoms with Gasteiger partial charge in [0.05, 0.1) is 11.6 Å². The Kier molecular flexibility index (Phi) is 5.69. The molecule has 7 heteroatoms. The number of carbonyl (C=O) groups is 2. The van der Waals surface area contributed by atoms with Crippen LogP contribution in [0, 0.1) is 5.82 Å². The molecule has 27 heavy (non-hydrogen) atoms. The molecule has 0 saturated carbocycles. The van der Waals surface area contributed by atoms with Gasteiger partial charge in [-0.1, -0.05) is 18.2 Å². The van der Waals surface area contributed by atoms with Crippen LogP contribution in [0.25, 0.3) is 0 Å². The molecule has 1 aromatic carbocycles. The maximum atomic E-state index is 13.8. The third-order valence-electron chi connectivity index (χ3n) is 4.44. The van der Waals surface area contributed by atoms with Crippen molar-refractivity contribution in [2.75, 3.05) is 13.1 Å². The molecule has 0 spiro atoms. The first-order valence-electron chi connectivity index (χ1n) is 8.95. The smallest absolute Gasteiger partial charge is 0.318 e. The number of rotatable bonds is 5. The summed E-state index contributed by atoms with van der Waals surface area (Å²) in [5, 5.41) is 2.90. The zero-order valence-electron chi connectivity index (χ0n) is 15.4. The lowest BCUT2D eigenvalue weighted by Gasteiger charge is -2.45. The largest absolute Gasteiger partial charge is 0.336 e. The van der Waals surface area contributed by atoms with Crippen LogP contribution < -0.4 is 5.32 Å². The Morgan fingerprint density at radius 1 is 1.26 bits per heavy atom. The van der Waals surface area contributed by atoms with Gasteiger partial charge in [-0.15, -0.1) is 0 Å². The van der Waals surface area contributed by atoms with Crippen molar-refractivity contribution in [3.8, 4) is 0 Å². The molecule has 1 saturated heterocycles. The average Bonchev–Trinajstić information content (AvgIpc) is 2.60. The minimum absolute atomic E-state index is 0.00474. The van der Waals surface area contributed by atoms with E-state index in [4.69, 9.17) is 0 Å².